The molecule has 0 radical (unpaired) electrons. The van der Waals surface area contributed by atoms with Gasteiger partial charge in [-0.1, -0.05) is 57.2 Å². The van der Waals surface area contributed by atoms with Crippen LogP contribution in [0.25, 0.3) is 6.08 Å². The lowest BCUT2D eigenvalue weighted by molar-refractivity contribution is -0.385. The number of ketones is 1. The van der Waals surface area contributed by atoms with Crippen LogP contribution >= 0.6 is 0 Å². The summed E-state index contributed by atoms with van der Waals surface area (Å²) in [6, 6.07) is 13.2. The van der Waals surface area contributed by atoms with Crippen LogP contribution in [0.2, 0.25) is 0 Å². The summed E-state index contributed by atoms with van der Waals surface area (Å²) in [5.74, 6) is -1.06. The third kappa shape index (κ3) is 5.60. The first kappa shape index (κ1) is 20.0. The number of para-hydroxylation sites is 1. The Kier molecular flexibility index (Phi) is 6.23. The third-order valence-electron chi connectivity index (χ3n) is 3.95. The zero-order valence-corrected chi connectivity index (χ0v) is 15.5. The van der Waals surface area contributed by atoms with E-state index in [0.717, 1.165) is 11.6 Å². The molecule has 0 aromatic heterocycles. The highest BCUT2D eigenvalue weighted by Gasteiger charge is 2.15. The minimum Gasteiger partial charge on any atom is -0.454 e. The number of carbonyl (C=O) groups is 2. The van der Waals surface area contributed by atoms with Crippen LogP contribution in [0.5, 0.6) is 0 Å². The largest absolute Gasteiger partial charge is 0.454 e. The maximum Gasteiger partial charge on any atom is 0.331 e. The van der Waals surface area contributed by atoms with E-state index >= 15 is 0 Å². The van der Waals surface area contributed by atoms with Crippen LogP contribution in [0.4, 0.5) is 5.69 Å². The molecule has 140 valence electrons. The molecule has 27 heavy (non-hydrogen) atoms. The summed E-state index contributed by atoms with van der Waals surface area (Å²) in [6.07, 6.45) is 2.36. The maximum absolute atomic E-state index is 12.1. The zero-order valence-electron chi connectivity index (χ0n) is 15.5. The van der Waals surface area contributed by atoms with Crippen molar-refractivity contribution in [2.75, 3.05) is 6.61 Å². The minimum absolute atomic E-state index is 0.0150. The van der Waals surface area contributed by atoms with Gasteiger partial charge < -0.3 is 4.74 Å². The molecule has 2 aromatic carbocycles. The quantitative estimate of drug-likeness (QED) is 0.249. The number of nitrogens with zero attached hydrogens (tertiary/aromatic N) is 1. The van der Waals surface area contributed by atoms with Gasteiger partial charge in [0.1, 0.15) is 0 Å². The van der Waals surface area contributed by atoms with Gasteiger partial charge in [-0.3, -0.25) is 14.9 Å². The number of hydrogen-bond acceptors (Lipinski definition) is 5. The topological polar surface area (TPSA) is 86.5 Å². The Labute approximate surface area is 157 Å². The second-order valence-corrected chi connectivity index (χ2v) is 7.01. The highest BCUT2D eigenvalue weighted by atomic mass is 16.6. The third-order valence-corrected chi connectivity index (χ3v) is 3.95. The van der Waals surface area contributed by atoms with Gasteiger partial charge in [-0.25, -0.2) is 4.79 Å². The van der Waals surface area contributed by atoms with Crippen molar-refractivity contribution in [1.29, 1.82) is 0 Å². The normalized spacial score (nSPS) is 11.4. The number of hydrogen-bond donors (Lipinski definition) is 0. The number of esters is 1. The van der Waals surface area contributed by atoms with E-state index in [-0.39, 0.29) is 22.4 Å². The summed E-state index contributed by atoms with van der Waals surface area (Å²) < 4.78 is 4.93. The molecule has 0 fully saturated rings. The highest BCUT2D eigenvalue weighted by molar-refractivity contribution is 5.99. The van der Waals surface area contributed by atoms with Gasteiger partial charge in [-0.2, -0.15) is 0 Å². The van der Waals surface area contributed by atoms with Crippen molar-refractivity contribution in [2.45, 2.75) is 26.2 Å². The van der Waals surface area contributed by atoms with Crippen LogP contribution in [-0.4, -0.2) is 23.3 Å². The lowest BCUT2D eigenvalue weighted by Gasteiger charge is -2.18. The average molecular weight is 367 g/mol. The highest BCUT2D eigenvalue weighted by Crippen LogP contribution is 2.22. The van der Waals surface area contributed by atoms with Gasteiger partial charge in [0.2, 0.25) is 0 Å². The molecule has 0 aliphatic rings. The first-order chi connectivity index (χ1) is 12.7. The van der Waals surface area contributed by atoms with Gasteiger partial charge in [0.15, 0.2) is 12.4 Å². The predicted octanol–water partition coefficient (Wildman–Crippen LogP) is 4.33. The molecule has 0 atom stereocenters. The molecule has 2 aromatic rings. The Morgan fingerprint density at radius 3 is 2.30 bits per heavy atom. The molecule has 0 bridgehead atoms. The summed E-state index contributed by atoms with van der Waals surface area (Å²) in [5, 5.41) is 10.9. The van der Waals surface area contributed by atoms with E-state index in [2.05, 4.69) is 20.8 Å². The second kappa shape index (κ2) is 8.40. The Morgan fingerprint density at radius 1 is 1.07 bits per heavy atom. The summed E-state index contributed by atoms with van der Waals surface area (Å²) in [5.41, 5.74) is 1.71. The van der Waals surface area contributed by atoms with Gasteiger partial charge in [0, 0.05) is 17.7 Å². The van der Waals surface area contributed by atoms with E-state index in [9.17, 15) is 19.7 Å². The smallest absolute Gasteiger partial charge is 0.331 e. The van der Waals surface area contributed by atoms with E-state index in [0.29, 0.717) is 5.56 Å². The zero-order chi connectivity index (χ0) is 20.0. The van der Waals surface area contributed by atoms with E-state index in [4.69, 9.17) is 4.74 Å². The number of nitro groups is 1. The van der Waals surface area contributed by atoms with Gasteiger partial charge in [-0.15, -0.1) is 0 Å². The van der Waals surface area contributed by atoms with Crippen molar-refractivity contribution in [2.24, 2.45) is 0 Å². The fourth-order valence-electron chi connectivity index (χ4n) is 2.38. The van der Waals surface area contributed by atoms with E-state index < -0.39 is 17.5 Å². The Hall–Kier alpha value is -3.28. The van der Waals surface area contributed by atoms with Gasteiger partial charge >= 0.3 is 5.97 Å². The number of nitro benzene ring substituents is 1. The molecule has 2 rings (SSSR count). The van der Waals surface area contributed by atoms with E-state index in [1.54, 1.807) is 18.2 Å². The number of benzene rings is 2. The van der Waals surface area contributed by atoms with Crippen LogP contribution in [-0.2, 0) is 14.9 Å². The van der Waals surface area contributed by atoms with Gasteiger partial charge in [0.25, 0.3) is 5.69 Å². The fourth-order valence-corrected chi connectivity index (χ4v) is 2.38. The number of rotatable bonds is 6. The molecule has 0 spiro atoms. The maximum atomic E-state index is 12.1. The molecular formula is C21H21NO5. The molecule has 0 saturated heterocycles. The predicted molar refractivity (Wildman–Crippen MR) is 103 cm³/mol. The molecule has 6 nitrogen and oxygen atoms in total. The molecule has 0 saturated carbocycles. The molecule has 0 N–H and O–H groups in total. The Bertz CT molecular complexity index is 876. The fraction of sp³-hybridized carbons (Fsp3) is 0.238. The Balaban J connectivity index is 1.95. The summed E-state index contributed by atoms with van der Waals surface area (Å²) in [4.78, 5) is 34.3. The first-order valence-corrected chi connectivity index (χ1v) is 8.40. The number of ether oxygens (including phenoxy) is 1. The number of carbonyl (C=O) groups excluding carboxylic acids is 2. The molecule has 0 unspecified atom stereocenters. The van der Waals surface area contributed by atoms with Crippen molar-refractivity contribution in [3.05, 3.63) is 81.4 Å². The lowest BCUT2D eigenvalue weighted by atomic mass is 9.86. The molecule has 0 aliphatic heterocycles. The summed E-state index contributed by atoms with van der Waals surface area (Å²) in [7, 11) is 0. The van der Waals surface area contributed by atoms with Crippen molar-refractivity contribution in [3.63, 3.8) is 0 Å². The van der Waals surface area contributed by atoms with Crippen LogP contribution in [0, 0.1) is 10.1 Å². The van der Waals surface area contributed by atoms with Crippen molar-refractivity contribution in [3.8, 4) is 0 Å². The van der Waals surface area contributed by atoms with Crippen LogP contribution in [0.15, 0.2) is 54.6 Å². The summed E-state index contributed by atoms with van der Waals surface area (Å²) >= 11 is 0. The monoisotopic (exact) mass is 367 g/mol. The van der Waals surface area contributed by atoms with Crippen molar-refractivity contribution >= 4 is 23.5 Å². The molecular weight excluding hydrogens is 346 g/mol. The Morgan fingerprint density at radius 2 is 1.70 bits per heavy atom. The minimum atomic E-state index is -0.743. The standard InChI is InChI=1S/C21H21NO5/c1-21(2,3)17-11-8-16(9-12-17)19(23)14-27-20(24)13-10-15-6-4-5-7-18(15)22(25)26/h4-13H,14H2,1-3H3/b13-10+. The van der Waals surface area contributed by atoms with Crippen LogP contribution < -0.4 is 0 Å². The first-order valence-electron chi connectivity index (χ1n) is 8.40. The van der Waals surface area contributed by atoms with Gasteiger partial charge in [-0.05, 0) is 23.1 Å². The molecule has 0 amide bonds. The lowest BCUT2D eigenvalue weighted by Crippen LogP contribution is -2.14. The summed E-state index contributed by atoms with van der Waals surface area (Å²) in [6.45, 7) is 5.84. The molecule has 6 heteroatoms. The van der Waals surface area contributed by atoms with Crippen LogP contribution in [0.3, 0.4) is 0 Å². The number of Topliss-reactive ketones (excluding diaryl/α,β-unsaturated/α-hetero) is 1. The second-order valence-electron chi connectivity index (χ2n) is 7.01. The SMILES string of the molecule is CC(C)(C)c1ccc(C(=O)COC(=O)/C=C/c2ccccc2[N+](=O)[O-])cc1. The van der Waals surface area contributed by atoms with Gasteiger partial charge in [0.05, 0.1) is 10.5 Å². The van der Waals surface area contributed by atoms with Crippen molar-refractivity contribution in [1.82, 2.24) is 0 Å². The average Bonchev–Trinajstić information content (AvgIpc) is 2.64. The van der Waals surface area contributed by atoms with E-state index in [1.165, 1.54) is 24.3 Å². The van der Waals surface area contributed by atoms with Crippen LogP contribution in [0.1, 0.15) is 42.3 Å². The molecule has 0 aliphatic carbocycles. The molecule has 0 heterocycles. The van der Waals surface area contributed by atoms with E-state index in [1.807, 2.05) is 12.1 Å². The van der Waals surface area contributed by atoms with Crippen molar-refractivity contribution < 1.29 is 19.2 Å².